The molecule has 11 heteroatoms. The molecule has 0 saturated carbocycles. The third-order valence-corrected chi connectivity index (χ3v) is 9.62. The largest absolute Gasteiger partial charge is 0.494 e. The van der Waals surface area contributed by atoms with Crippen molar-refractivity contribution in [1.82, 2.24) is 29.3 Å². The molecule has 2 amide bonds. The van der Waals surface area contributed by atoms with E-state index in [0.29, 0.717) is 48.4 Å². The minimum absolute atomic E-state index is 0.0618. The third kappa shape index (κ3) is 5.62. The normalized spacial score (nSPS) is 20.8. The van der Waals surface area contributed by atoms with Gasteiger partial charge in [-0.05, 0) is 68.1 Å². The number of methoxy groups -OCH3 is 2. The summed E-state index contributed by atoms with van der Waals surface area (Å²) >= 11 is 0. The van der Waals surface area contributed by atoms with E-state index in [1.165, 1.54) is 0 Å². The van der Waals surface area contributed by atoms with Gasteiger partial charge >= 0.3 is 0 Å². The minimum Gasteiger partial charge on any atom is -0.494 e. The number of nitrogens with one attached hydrogen (secondary N) is 1. The number of carbonyl (C=O) groups excluding carboxylic acids is 2. The number of imidazole rings is 1. The zero-order chi connectivity index (χ0) is 33.5. The van der Waals surface area contributed by atoms with Crippen LogP contribution < -0.4 is 15.8 Å². The van der Waals surface area contributed by atoms with Gasteiger partial charge in [0.1, 0.15) is 16.9 Å². The van der Waals surface area contributed by atoms with Gasteiger partial charge in [-0.25, -0.2) is 9.97 Å². The van der Waals surface area contributed by atoms with Gasteiger partial charge in [0, 0.05) is 56.3 Å². The van der Waals surface area contributed by atoms with Crippen LogP contribution in [0, 0.1) is 0 Å². The molecule has 5 heterocycles. The number of nitrogens with two attached hydrogens (primary N) is 1. The number of nitrogens with zero attached hydrogens (tertiary/aromatic N) is 5. The first-order chi connectivity index (χ1) is 23.3. The van der Waals surface area contributed by atoms with Gasteiger partial charge in [-0.3, -0.25) is 9.59 Å². The highest BCUT2D eigenvalue weighted by Gasteiger charge is 2.31. The number of aromatic nitrogens is 4. The maximum Gasteiger partial charge on any atom is 0.254 e. The molecule has 0 spiro atoms. The van der Waals surface area contributed by atoms with Crippen molar-refractivity contribution in [3.8, 4) is 17.3 Å². The van der Waals surface area contributed by atoms with Crippen molar-refractivity contribution < 1.29 is 19.1 Å². The third-order valence-electron chi connectivity index (χ3n) is 9.62. The molecule has 0 radical (unpaired) electrons. The molecule has 2 aliphatic rings. The van der Waals surface area contributed by atoms with Crippen molar-refractivity contribution in [1.29, 1.82) is 0 Å². The van der Waals surface area contributed by atoms with Gasteiger partial charge in [0.05, 0.1) is 36.2 Å². The van der Waals surface area contributed by atoms with Crippen molar-refractivity contribution in [3.05, 3.63) is 83.1 Å². The fraction of sp³-hybridized carbons (Fsp3) is 0.351. The van der Waals surface area contributed by atoms with E-state index in [-0.39, 0.29) is 30.0 Å². The first kappa shape index (κ1) is 31.6. The molecule has 1 fully saturated rings. The summed E-state index contributed by atoms with van der Waals surface area (Å²) in [6, 6.07) is 16.9. The lowest BCUT2D eigenvalue weighted by Crippen LogP contribution is -2.53. The van der Waals surface area contributed by atoms with Crippen molar-refractivity contribution in [2.24, 2.45) is 12.8 Å². The molecule has 3 aromatic heterocycles. The molecule has 3 atom stereocenters. The fourth-order valence-electron chi connectivity index (χ4n) is 7.01. The summed E-state index contributed by atoms with van der Waals surface area (Å²) < 4.78 is 15.6. The molecular weight excluding hydrogens is 606 g/mol. The topological polar surface area (TPSA) is 130 Å². The van der Waals surface area contributed by atoms with Crippen molar-refractivity contribution in [2.75, 3.05) is 27.3 Å². The Balaban J connectivity index is 1.29. The van der Waals surface area contributed by atoms with Crippen LogP contribution in [0.5, 0.6) is 5.75 Å². The molecule has 7 rings (SSSR count). The summed E-state index contributed by atoms with van der Waals surface area (Å²) in [7, 11) is 5.23. The smallest absolute Gasteiger partial charge is 0.254 e. The second-order valence-corrected chi connectivity index (χ2v) is 12.7. The number of hydrogen-bond acceptors (Lipinski definition) is 7. The molecule has 3 N–H and O–H groups in total. The van der Waals surface area contributed by atoms with Gasteiger partial charge in [0.2, 0.25) is 0 Å². The van der Waals surface area contributed by atoms with Crippen LogP contribution in [0.2, 0.25) is 0 Å². The number of likely N-dealkylation sites (tertiary alicyclic amines) is 1. The molecule has 248 valence electrons. The summed E-state index contributed by atoms with van der Waals surface area (Å²) in [4.78, 5) is 38.9. The molecule has 2 aliphatic heterocycles. The number of rotatable bonds is 4. The Kier molecular flexibility index (Phi) is 8.49. The Morgan fingerprint density at radius 2 is 1.90 bits per heavy atom. The van der Waals surface area contributed by atoms with E-state index in [4.69, 9.17) is 25.2 Å². The number of ether oxygens (including phenoxy) is 2. The second kappa shape index (κ2) is 12.9. The molecule has 48 heavy (non-hydrogen) atoms. The van der Waals surface area contributed by atoms with E-state index in [9.17, 15) is 9.59 Å². The van der Waals surface area contributed by atoms with Crippen LogP contribution in [0.3, 0.4) is 0 Å². The SMILES string of the molecule is COc1cc(C(=O)N2CC[C@@H](OC)[C@@H](N)C2)cc2nc(-c3cc4ccc5nc4n3CCC/C=C/c3ccccc3C(=O)N[C@@H]5C)n(C)c12. The van der Waals surface area contributed by atoms with Crippen LogP contribution in [0.25, 0.3) is 39.7 Å². The molecule has 0 aliphatic carbocycles. The molecule has 5 aromatic rings. The minimum atomic E-state index is -0.306. The number of aryl methyl sites for hydroxylation is 2. The Labute approximate surface area is 279 Å². The molecular formula is C37H41N7O4. The van der Waals surface area contributed by atoms with E-state index in [0.717, 1.165) is 52.2 Å². The molecule has 11 nitrogen and oxygen atoms in total. The summed E-state index contributed by atoms with van der Waals surface area (Å²) in [5, 5.41) is 4.11. The summed E-state index contributed by atoms with van der Waals surface area (Å²) in [5.41, 5.74) is 12.3. The summed E-state index contributed by atoms with van der Waals surface area (Å²) in [5.74, 6) is 1.07. The summed E-state index contributed by atoms with van der Waals surface area (Å²) in [6.07, 6.45) is 6.45. The number of allylic oxidation sites excluding steroid dienone is 1. The second-order valence-electron chi connectivity index (χ2n) is 12.7. The van der Waals surface area contributed by atoms with Crippen LogP contribution in [-0.2, 0) is 18.3 Å². The van der Waals surface area contributed by atoms with Crippen LogP contribution >= 0.6 is 0 Å². The van der Waals surface area contributed by atoms with Crippen LogP contribution in [-0.4, -0.2) is 75.3 Å². The molecule has 2 bridgehead atoms. The van der Waals surface area contributed by atoms with E-state index in [1.807, 2.05) is 61.0 Å². The highest BCUT2D eigenvalue weighted by atomic mass is 16.5. The van der Waals surface area contributed by atoms with Gasteiger partial charge < -0.3 is 34.6 Å². The Morgan fingerprint density at radius 1 is 1.06 bits per heavy atom. The lowest BCUT2D eigenvalue weighted by molar-refractivity contribution is 0.0227. The van der Waals surface area contributed by atoms with Crippen molar-refractivity contribution >= 4 is 40.0 Å². The number of piperidine rings is 1. The first-order valence-electron chi connectivity index (χ1n) is 16.5. The van der Waals surface area contributed by atoms with E-state index >= 15 is 0 Å². The fourth-order valence-corrected chi connectivity index (χ4v) is 7.01. The van der Waals surface area contributed by atoms with E-state index in [1.54, 1.807) is 25.2 Å². The zero-order valence-electron chi connectivity index (χ0n) is 27.8. The maximum absolute atomic E-state index is 13.7. The lowest BCUT2D eigenvalue weighted by Gasteiger charge is -2.36. The van der Waals surface area contributed by atoms with Crippen molar-refractivity contribution in [2.45, 2.75) is 50.9 Å². The number of benzene rings is 2. The van der Waals surface area contributed by atoms with Gasteiger partial charge in [-0.15, -0.1) is 0 Å². The number of carbonyl (C=O) groups is 2. The van der Waals surface area contributed by atoms with Crippen LogP contribution in [0.15, 0.2) is 60.7 Å². The quantitative estimate of drug-likeness (QED) is 0.278. The average Bonchev–Trinajstić information content (AvgIpc) is 3.63. The Morgan fingerprint density at radius 3 is 2.69 bits per heavy atom. The first-order valence-corrected chi connectivity index (χ1v) is 16.5. The summed E-state index contributed by atoms with van der Waals surface area (Å²) in [6.45, 7) is 3.65. The van der Waals surface area contributed by atoms with E-state index < -0.39 is 0 Å². The predicted molar refractivity (Wildman–Crippen MR) is 186 cm³/mol. The van der Waals surface area contributed by atoms with Crippen LogP contribution in [0.4, 0.5) is 0 Å². The van der Waals surface area contributed by atoms with Gasteiger partial charge in [0.15, 0.2) is 5.82 Å². The predicted octanol–water partition coefficient (Wildman–Crippen LogP) is 5.08. The van der Waals surface area contributed by atoms with Gasteiger partial charge in [0.25, 0.3) is 11.8 Å². The van der Waals surface area contributed by atoms with Crippen LogP contribution in [0.1, 0.15) is 64.2 Å². The number of fused-ring (bicyclic) bond motifs is 3. The highest BCUT2D eigenvalue weighted by molar-refractivity contribution is 6.00. The number of hydrogen-bond donors (Lipinski definition) is 2. The van der Waals surface area contributed by atoms with Crippen molar-refractivity contribution in [3.63, 3.8) is 0 Å². The molecule has 1 saturated heterocycles. The highest BCUT2D eigenvalue weighted by Crippen LogP contribution is 2.35. The van der Waals surface area contributed by atoms with Gasteiger partial charge in [-0.1, -0.05) is 30.4 Å². The van der Waals surface area contributed by atoms with Gasteiger partial charge in [-0.2, -0.15) is 0 Å². The maximum atomic E-state index is 13.7. The standard InChI is InChI=1S/C37H41N7O4/c1-22-28-14-13-24-19-30(44(34(24)40-28)16-9-5-6-10-23-11-7-8-12-26(23)36(45)39-22)35-41-29-18-25(20-32(48-4)33(29)42(35)2)37(46)43-17-15-31(47-3)27(38)21-43/h6-8,10-14,18-20,22,27,31H,5,9,15-17,21,38H2,1-4H3,(H,39,45)/b10-6+/t22-,27+,31-/m1/s1. The average molecular weight is 648 g/mol. The number of amides is 2. The number of pyridine rings is 1. The molecule has 0 unspecified atom stereocenters. The monoisotopic (exact) mass is 647 g/mol. The zero-order valence-corrected chi connectivity index (χ0v) is 27.8. The van der Waals surface area contributed by atoms with E-state index in [2.05, 4.69) is 28.1 Å². The molecule has 2 aromatic carbocycles. The Bertz CT molecular complexity index is 2060. The Hall–Kier alpha value is -5.00. The lowest BCUT2D eigenvalue weighted by atomic mass is 10.0.